The lowest BCUT2D eigenvalue weighted by Crippen LogP contribution is -2.34. The van der Waals surface area contributed by atoms with Gasteiger partial charge in [-0.3, -0.25) is 14.2 Å². The van der Waals surface area contributed by atoms with Gasteiger partial charge in [-0.1, -0.05) is 0 Å². The molecule has 0 aliphatic carbocycles. The summed E-state index contributed by atoms with van der Waals surface area (Å²) in [5.41, 5.74) is 1.21. The number of aromatic carboxylic acids is 1. The molecular formula is C17H18N2O4. The predicted octanol–water partition coefficient (Wildman–Crippen LogP) is 1.63. The van der Waals surface area contributed by atoms with Gasteiger partial charge in [-0.2, -0.15) is 0 Å². The number of aromatic nitrogens is 1. The maximum Gasteiger partial charge on any atom is 0.335 e. The molecule has 0 atom stereocenters. The maximum atomic E-state index is 12.4. The van der Waals surface area contributed by atoms with Crippen molar-refractivity contribution in [1.29, 1.82) is 0 Å². The zero-order valence-electron chi connectivity index (χ0n) is 12.9. The molecule has 1 aromatic heterocycles. The van der Waals surface area contributed by atoms with Crippen molar-refractivity contribution in [2.24, 2.45) is 0 Å². The molecule has 1 aliphatic rings. The number of aryl methyl sites for hydroxylation is 1. The van der Waals surface area contributed by atoms with Gasteiger partial charge in [-0.15, -0.1) is 0 Å². The molecule has 1 N–H and O–H groups in total. The van der Waals surface area contributed by atoms with Crippen LogP contribution in [0, 0.1) is 6.92 Å². The number of rotatable bonds is 3. The Morgan fingerprint density at radius 3 is 2.52 bits per heavy atom. The van der Waals surface area contributed by atoms with E-state index in [0.717, 1.165) is 25.9 Å². The average molecular weight is 314 g/mol. The van der Waals surface area contributed by atoms with E-state index < -0.39 is 5.97 Å². The van der Waals surface area contributed by atoms with Crippen LogP contribution in [-0.4, -0.2) is 39.5 Å². The number of hydrogen-bond acceptors (Lipinski definition) is 3. The fraction of sp³-hybridized carbons (Fsp3) is 0.353. The van der Waals surface area contributed by atoms with Crippen LogP contribution >= 0.6 is 0 Å². The lowest BCUT2D eigenvalue weighted by Gasteiger charge is -2.18. The summed E-state index contributed by atoms with van der Waals surface area (Å²) < 4.78 is 1.44. The van der Waals surface area contributed by atoms with Gasteiger partial charge in [0.15, 0.2) is 0 Å². The van der Waals surface area contributed by atoms with Crippen LogP contribution in [-0.2, 0) is 11.3 Å². The van der Waals surface area contributed by atoms with Crippen LogP contribution in [0.4, 0.5) is 0 Å². The largest absolute Gasteiger partial charge is 0.478 e. The number of amides is 1. The van der Waals surface area contributed by atoms with E-state index in [2.05, 4.69) is 0 Å². The third kappa shape index (κ3) is 2.84. The molecule has 1 saturated heterocycles. The molecule has 1 aliphatic heterocycles. The minimum atomic E-state index is -1.01. The van der Waals surface area contributed by atoms with Crippen molar-refractivity contribution >= 4 is 22.8 Å². The lowest BCUT2D eigenvalue weighted by atomic mass is 10.1. The Hall–Kier alpha value is -2.63. The van der Waals surface area contributed by atoms with Crippen LogP contribution in [0.2, 0.25) is 0 Å². The van der Waals surface area contributed by atoms with Gasteiger partial charge < -0.3 is 10.0 Å². The lowest BCUT2D eigenvalue weighted by molar-refractivity contribution is -0.130. The molecule has 0 radical (unpaired) electrons. The summed E-state index contributed by atoms with van der Waals surface area (Å²) in [4.78, 5) is 37.5. The van der Waals surface area contributed by atoms with Gasteiger partial charge >= 0.3 is 5.97 Å². The molecule has 3 rings (SSSR count). The summed E-state index contributed by atoms with van der Waals surface area (Å²) in [6.45, 7) is 3.22. The molecule has 0 spiro atoms. The first-order chi connectivity index (χ1) is 11.0. The summed E-state index contributed by atoms with van der Waals surface area (Å²) in [6.07, 6.45) is 1.99. The Bertz CT molecular complexity index is 848. The van der Waals surface area contributed by atoms with Crippen molar-refractivity contribution in [2.45, 2.75) is 26.3 Å². The molecule has 0 saturated carbocycles. The Morgan fingerprint density at radius 2 is 1.87 bits per heavy atom. The van der Waals surface area contributed by atoms with E-state index in [9.17, 15) is 14.4 Å². The molecule has 120 valence electrons. The van der Waals surface area contributed by atoms with Crippen LogP contribution in [0.15, 0.2) is 29.1 Å². The normalized spacial score (nSPS) is 14.4. The van der Waals surface area contributed by atoms with Crippen LogP contribution < -0.4 is 5.56 Å². The number of carbonyl (C=O) groups excluding carboxylic acids is 1. The molecule has 1 amide bonds. The SMILES string of the molecule is Cc1cc(C(=O)O)cc2ccc(=O)n(CC(=O)N3CCCC3)c12. The highest BCUT2D eigenvalue weighted by molar-refractivity contribution is 5.95. The second kappa shape index (κ2) is 5.87. The number of fused-ring (bicyclic) bond motifs is 1. The van der Waals surface area contributed by atoms with Crippen LogP contribution in [0.1, 0.15) is 28.8 Å². The number of carbonyl (C=O) groups is 2. The highest BCUT2D eigenvalue weighted by Crippen LogP contribution is 2.20. The van der Waals surface area contributed by atoms with Crippen molar-refractivity contribution < 1.29 is 14.7 Å². The van der Waals surface area contributed by atoms with Gasteiger partial charge in [-0.05, 0) is 48.9 Å². The number of nitrogens with zero attached hydrogens (tertiary/aromatic N) is 2. The third-order valence-corrected chi connectivity index (χ3v) is 4.27. The first kappa shape index (κ1) is 15.3. The molecule has 1 aromatic carbocycles. The van der Waals surface area contributed by atoms with Gasteiger partial charge in [0.25, 0.3) is 5.56 Å². The summed E-state index contributed by atoms with van der Waals surface area (Å²) in [6, 6.07) is 6.04. The maximum absolute atomic E-state index is 12.4. The second-order valence-electron chi connectivity index (χ2n) is 5.88. The number of carboxylic acids is 1. The van der Waals surface area contributed by atoms with Crippen LogP contribution in [0.3, 0.4) is 0 Å². The summed E-state index contributed by atoms with van der Waals surface area (Å²) in [5, 5.41) is 9.80. The van der Waals surface area contributed by atoms with Crippen molar-refractivity contribution in [1.82, 2.24) is 9.47 Å². The van der Waals surface area contributed by atoms with E-state index in [1.807, 2.05) is 0 Å². The van der Waals surface area contributed by atoms with Crippen molar-refractivity contribution in [3.63, 3.8) is 0 Å². The van der Waals surface area contributed by atoms with E-state index in [0.29, 0.717) is 16.5 Å². The van der Waals surface area contributed by atoms with Gasteiger partial charge in [-0.25, -0.2) is 4.79 Å². The molecule has 23 heavy (non-hydrogen) atoms. The quantitative estimate of drug-likeness (QED) is 0.934. The van der Waals surface area contributed by atoms with Crippen molar-refractivity contribution in [3.8, 4) is 0 Å². The van der Waals surface area contributed by atoms with E-state index in [1.165, 1.54) is 22.8 Å². The molecule has 2 aromatic rings. The minimum absolute atomic E-state index is 0.0105. The third-order valence-electron chi connectivity index (χ3n) is 4.27. The number of benzene rings is 1. The zero-order valence-corrected chi connectivity index (χ0v) is 12.9. The fourth-order valence-corrected chi connectivity index (χ4v) is 3.15. The Morgan fingerprint density at radius 1 is 1.17 bits per heavy atom. The Kier molecular flexibility index (Phi) is 3.90. The number of likely N-dealkylation sites (tertiary alicyclic amines) is 1. The van der Waals surface area contributed by atoms with E-state index in [1.54, 1.807) is 17.9 Å². The molecule has 0 unspecified atom stereocenters. The minimum Gasteiger partial charge on any atom is -0.478 e. The van der Waals surface area contributed by atoms with Crippen LogP contribution in [0.25, 0.3) is 10.9 Å². The highest BCUT2D eigenvalue weighted by atomic mass is 16.4. The van der Waals surface area contributed by atoms with Crippen LogP contribution in [0.5, 0.6) is 0 Å². The van der Waals surface area contributed by atoms with Gasteiger partial charge in [0.05, 0.1) is 11.1 Å². The highest BCUT2D eigenvalue weighted by Gasteiger charge is 2.20. The molecule has 2 heterocycles. The second-order valence-corrected chi connectivity index (χ2v) is 5.88. The first-order valence-electron chi connectivity index (χ1n) is 7.62. The number of carboxylic acid groups (broad SMARTS) is 1. The fourth-order valence-electron chi connectivity index (χ4n) is 3.15. The zero-order chi connectivity index (χ0) is 16.6. The van der Waals surface area contributed by atoms with Gasteiger partial charge in [0, 0.05) is 19.2 Å². The standard InChI is InChI=1S/C17H18N2O4/c1-11-8-13(17(22)23)9-12-4-5-14(20)19(16(11)12)10-15(21)18-6-2-3-7-18/h4-5,8-9H,2-3,6-7,10H2,1H3,(H,22,23). The summed E-state index contributed by atoms with van der Waals surface area (Å²) in [7, 11) is 0. The van der Waals surface area contributed by atoms with Crippen molar-refractivity contribution in [3.05, 3.63) is 45.7 Å². The first-order valence-corrected chi connectivity index (χ1v) is 7.62. The van der Waals surface area contributed by atoms with E-state index >= 15 is 0 Å². The topological polar surface area (TPSA) is 79.6 Å². The number of pyridine rings is 1. The van der Waals surface area contributed by atoms with Gasteiger partial charge in [0.2, 0.25) is 5.91 Å². The predicted molar refractivity (Wildman–Crippen MR) is 85.7 cm³/mol. The number of hydrogen-bond donors (Lipinski definition) is 1. The molecule has 1 fully saturated rings. The smallest absolute Gasteiger partial charge is 0.335 e. The molecule has 6 heteroatoms. The molecule has 0 bridgehead atoms. The summed E-state index contributed by atoms with van der Waals surface area (Å²) in [5.74, 6) is -1.08. The Balaban J connectivity index is 2.08. The average Bonchev–Trinajstić information content (AvgIpc) is 3.04. The monoisotopic (exact) mass is 314 g/mol. The van der Waals surface area contributed by atoms with Gasteiger partial charge in [0.1, 0.15) is 6.54 Å². The summed E-state index contributed by atoms with van der Waals surface area (Å²) >= 11 is 0. The molecule has 6 nitrogen and oxygen atoms in total. The van der Waals surface area contributed by atoms with Crippen molar-refractivity contribution in [2.75, 3.05) is 13.1 Å². The van der Waals surface area contributed by atoms with E-state index in [4.69, 9.17) is 5.11 Å². The molecular weight excluding hydrogens is 296 g/mol. The van der Waals surface area contributed by atoms with E-state index in [-0.39, 0.29) is 23.6 Å². The Labute approximate surface area is 132 Å².